The van der Waals surface area contributed by atoms with Gasteiger partial charge in [0.2, 0.25) is 0 Å². The van der Waals surface area contributed by atoms with Crippen molar-refractivity contribution < 1.29 is 4.42 Å². The Bertz CT molecular complexity index is 1120. The number of hydrogen-bond acceptors (Lipinski definition) is 4. The molecule has 4 aromatic heterocycles. The molecule has 0 unspecified atom stereocenters. The third kappa shape index (κ3) is 3.41. The predicted octanol–water partition coefficient (Wildman–Crippen LogP) is 6.00. The summed E-state index contributed by atoms with van der Waals surface area (Å²) in [5.41, 5.74) is 1.75. The first-order chi connectivity index (χ1) is 14.4. The van der Waals surface area contributed by atoms with Gasteiger partial charge in [-0.05, 0) is 60.7 Å². The Balaban J connectivity index is 1.64. The molecule has 29 heavy (non-hydrogen) atoms. The zero-order chi connectivity index (χ0) is 19.5. The minimum Gasteiger partial charge on any atom is -0.463 e. The fourth-order valence-electron chi connectivity index (χ4n) is 3.24. The van der Waals surface area contributed by atoms with Crippen LogP contribution in [0.3, 0.4) is 0 Å². The topological polar surface area (TPSA) is 47.1 Å². The molecule has 1 aromatic carbocycles. The molecule has 0 aliphatic rings. The number of anilines is 3. The van der Waals surface area contributed by atoms with Gasteiger partial charge in [-0.15, -0.1) is 0 Å². The summed E-state index contributed by atoms with van der Waals surface area (Å²) in [6, 6.07) is 29.7. The fourth-order valence-corrected chi connectivity index (χ4v) is 3.24. The summed E-state index contributed by atoms with van der Waals surface area (Å²) >= 11 is 0. The van der Waals surface area contributed by atoms with E-state index < -0.39 is 0 Å². The number of nitrogens with zero attached hydrogens (tertiary/aromatic N) is 4. The van der Waals surface area contributed by atoms with E-state index in [1.54, 1.807) is 6.26 Å². The van der Waals surface area contributed by atoms with Crippen LogP contribution >= 0.6 is 0 Å². The van der Waals surface area contributed by atoms with Crippen LogP contribution in [-0.2, 0) is 0 Å². The van der Waals surface area contributed by atoms with Gasteiger partial charge in [-0.1, -0.05) is 30.3 Å². The average molecular weight is 378 g/mol. The van der Waals surface area contributed by atoms with E-state index in [1.165, 1.54) is 0 Å². The van der Waals surface area contributed by atoms with E-state index in [2.05, 4.69) is 0 Å². The highest BCUT2D eigenvalue weighted by Crippen LogP contribution is 2.33. The van der Waals surface area contributed by atoms with Crippen LogP contribution in [0.15, 0.2) is 114 Å². The molecule has 140 valence electrons. The number of benzene rings is 1. The van der Waals surface area contributed by atoms with Gasteiger partial charge in [0, 0.05) is 18.1 Å². The van der Waals surface area contributed by atoms with Crippen LogP contribution in [0, 0.1) is 0 Å². The van der Waals surface area contributed by atoms with Gasteiger partial charge in [0.15, 0.2) is 5.76 Å². The molecular formula is C24H18N4O. The summed E-state index contributed by atoms with van der Waals surface area (Å²) in [5, 5.41) is 0. The number of para-hydroxylation sites is 1. The Hall–Kier alpha value is -4.12. The number of furan rings is 1. The summed E-state index contributed by atoms with van der Waals surface area (Å²) in [6.45, 7) is 0. The molecule has 0 aliphatic heterocycles. The predicted molar refractivity (Wildman–Crippen MR) is 114 cm³/mol. The second-order valence-electron chi connectivity index (χ2n) is 6.47. The molecule has 0 N–H and O–H groups in total. The van der Waals surface area contributed by atoms with Gasteiger partial charge in [-0.3, -0.25) is 4.90 Å². The van der Waals surface area contributed by atoms with Crippen LogP contribution in [-0.4, -0.2) is 14.5 Å². The first-order valence-corrected chi connectivity index (χ1v) is 9.35. The van der Waals surface area contributed by atoms with Crippen LogP contribution in [0.2, 0.25) is 0 Å². The lowest BCUT2D eigenvalue weighted by atomic mass is 10.2. The molecule has 5 nitrogen and oxygen atoms in total. The molecule has 5 aromatic rings. The van der Waals surface area contributed by atoms with E-state index in [0.29, 0.717) is 0 Å². The normalized spacial score (nSPS) is 10.8. The van der Waals surface area contributed by atoms with Crippen molar-refractivity contribution in [1.82, 2.24) is 14.5 Å². The Kier molecular flexibility index (Phi) is 4.39. The molecule has 0 saturated carbocycles. The van der Waals surface area contributed by atoms with Gasteiger partial charge in [0.05, 0.1) is 6.26 Å². The first-order valence-electron chi connectivity index (χ1n) is 9.35. The van der Waals surface area contributed by atoms with Crippen LogP contribution in [0.25, 0.3) is 17.3 Å². The minimum atomic E-state index is 0.730. The zero-order valence-corrected chi connectivity index (χ0v) is 15.6. The Labute approximate surface area is 168 Å². The lowest BCUT2D eigenvalue weighted by Crippen LogP contribution is -2.14. The number of hydrogen-bond donors (Lipinski definition) is 0. The lowest BCUT2D eigenvalue weighted by Gasteiger charge is -2.24. The molecule has 0 saturated heterocycles. The quantitative estimate of drug-likeness (QED) is 0.376. The van der Waals surface area contributed by atoms with Crippen molar-refractivity contribution in [2.24, 2.45) is 0 Å². The first kappa shape index (κ1) is 17.0. The van der Waals surface area contributed by atoms with Gasteiger partial charge < -0.3 is 8.98 Å². The van der Waals surface area contributed by atoms with Crippen molar-refractivity contribution in [1.29, 1.82) is 0 Å². The number of rotatable bonds is 5. The van der Waals surface area contributed by atoms with Crippen molar-refractivity contribution in [3.8, 4) is 17.3 Å². The average Bonchev–Trinajstić information content (AvgIpc) is 3.50. The van der Waals surface area contributed by atoms with E-state index in [9.17, 15) is 0 Å². The Morgan fingerprint density at radius 3 is 2.17 bits per heavy atom. The maximum absolute atomic E-state index is 5.53. The highest BCUT2D eigenvalue weighted by molar-refractivity contribution is 5.73. The Morgan fingerprint density at radius 1 is 0.655 bits per heavy atom. The molecule has 0 atom stereocenters. The van der Waals surface area contributed by atoms with Crippen LogP contribution < -0.4 is 4.90 Å². The maximum Gasteiger partial charge on any atom is 0.152 e. The molecule has 0 aliphatic carbocycles. The fraction of sp³-hybridized carbons (Fsp3) is 0. The molecular weight excluding hydrogens is 360 g/mol. The van der Waals surface area contributed by atoms with Crippen LogP contribution in [0.1, 0.15) is 0 Å². The van der Waals surface area contributed by atoms with Gasteiger partial charge in [0.25, 0.3) is 0 Å². The Morgan fingerprint density at radius 2 is 1.41 bits per heavy atom. The summed E-state index contributed by atoms with van der Waals surface area (Å²) in [5.74, 6) is 3.12. The zero-order valence-electron chi connectivity index (χ0n) is 15.6. The second-order valence-corrected chi connectivity index (χ2v) is 6.47. The monoisotopic (exact) mass is 378 g/mol. The summed E-state index contributed by atoms with van der Waals surface area (Å²) in [4.78, 5) is 11.8. The molecule has 0 fully saturated rings. The molecule has 5 heteroatoms. The van der Waals surface area contributed by atoms with Crippen molar-refractivity contribution in [3.63, 3.8) is 0 Å². The van der Waals surface area contributed by atoms with E-state index in [4.69, 9.17) is 14.4 Å². The van der Waals surface area contributed by atoms with Crippen molar-refractivity contribution in [2.45, 2.75) is 0 Å². The molecule has 0 bridgehead atoms. The van der Waals surface area contributed by atoms with E-state index in [0.717, 1.165) is 34.6 Å². The summed E-state index contributed by atoms with van der Waals surface area (Å²) < 4.78 is 7.52. The largest absolute Gasteiger partial charge is 0.463 e. The van der Waals surface area contributed by atoms with Crippen LogP contribution in [0.5, 0.6) is 0 Å². The molecule has 4 heterocycles. The van der Waals surface area contributed by atoms with E-state index in [-0.39, 0.29) is 0 Å². The maximum atomic E-state index is 5.53. The van der Waals surface area contributed by atoms with Gasteiger partial charge in [-0.2, -0.15) is 0 Å². The number of aromatic nitrogens is 3. The highest BCUT2D eigenvalue weighted by Gasteiger charge is 2.16. The lowest BCUT2D eigenvalue weighted by molar-refractivity contribution is 0.580. The molecule has 0 amide bonds. The second kappa shape index (κ2) is 7.48. The van der Waals surface area contributed by atoms with Crippen molar-refractivity contribution in [2.75, 3.05) is 4.90 Å². The highest BCUT2D eigenvalue weighted by atomic mass is 16.3. The van der Waals surface area contributed by atoms with Gasteiger partial charge in [-0.25, -0.2) is 9.97 Å². The molecule has 5 rings (SSSR count). The van der Waals surface area contributed by atoms with Gasteiger partial charge >= 0.3 is 0 Å². The molecule has 0 radical (unpaired) electrons. The number of pyridine rings is 2. The third-order valence-electron chi connectivity index (χ3n) is 4.57. The van der Waals surface area contributed by atoms with Crippen molar-refractivity contribution in [3.05, 3.63) is 110 Å². The standard InChI is InChI=1S/C24H18N4O/c1-2-9-19(10-3-1)28(23-14-6-11-20(25-23)21-12-8-18-29-21)24-15-7-13-22(26-24)27-16-4-5-17-27/h1-18H. The summed E-state index contributed by atoms with van der Waals surface area (Å²) in [7, 11) is 0. The summed E-state index contributed by atoms with van der Waals surface area (Å²) in [6.07, 6.45) is 5.62. The SMILES string of the molecule is c1ccc(N(c2cccc(-c3ccco3)n2)c2cccc(-n3cccc3)n2)cc1. The van der Waals surface area contributed by atoms with Crippen LogP contribution in [0.4, 0.5) is 17.3 Å². The van der Waals surface area contributed by atoms with E-state index >= 15 is 0 Å². The third-order valence-corrected chi connectivity index (χ3v) is 4.57. The van der Waals surface area contributed by atoms with Crippen molar-refractivity contribution >= 4 is 17.3 Å². The molecule has 0 spiro atoms. The van der Waals surface area contributed by atoms with E-state index in [1.807, 2.05) is 113 Å². The van der Waals surface area contributed by atoms with Gasteiger partial charge in [0.1, 0.15) is 23.1 Å². The smallest absolute Gasteiger partial charge is 0.152 e. The minimum absolute atomic E-state index is 0.730.